The minimum atomic E-state index is -0.207. The number of hydrogen-bond donors (Lipinski definition) is 1. The average molecular weight is 349 g/mol. The lowest BCUT2D eigenvalue weighted by Crippen LogP contribution is -2.26. The van der Waals surface area contributed by atoms with Gasteiger partial charge in [0.1, 0.15) is 5.82 Å². The maximum absolute atomic E-state index is 13.7. The maximum atomic E-state index is 13.7. The molecule has 2 aromatic rings. The largest absolute Gasteiger partial charge is 0.310 e. The molecule has 1 N–H and O–H groups in total. The van der Waals surface area contributed by atoms with Gasteiger partial charge in [0.25, 0.3) is 0 Å². The van der Waals surface area contributed by atoms with Crippen LogP contribution in [0.4, 0.5) is 4.39 Å². The Hall–Kier alpha value is -1.26. The van der Waals surface area contributed by atoms with E-state index in [0.717, 1.165) is 35.1 Å². The van der Waals surface area contributed by atoms with E-state index in [0.29, 0.717) is 5.92 Å². The van der Waals surface area contributed by atoms with Crippen molar-refractivity contribution in [1.82, 2.24) is 10.3 Å². The molecule has 1 aliphatic rings. The van der Waals surface area contributed by atoms with Crippen LogP contribution in [0.15, 0.2) is 41.0 Å². The van der Waals surface area contributed by atoms with Gasteiger partial charge in [-0.25, -0.2) is 4.39 Å². The van der Waals surface area contributed by atoms with Crippen LogP contribution in [0.1, 0.15) is 42.1 Å². The van der Waals surface area contributed by atoms with E-state index in [1.54, 1.807) is 6.07 Å². The van der Waals surface area contributed by atoms with Crippen LogP contribution in [-0.2, 0) is 6.42 Å². The molecule has 110 valence electrons. The number of aromatic nitrogens is 1. The van der Waals surface area contributed by atoms with Crippen molar-refractivity contribution < 1.29 is 4.39 Å². The smallest absolute Gasteiger partial charge is 0.124 e. The molecule has 0 amide bonds. The first kappa shape index (κ1) is 14.7. The molecule has 0 bridgehead atoms. The summed E-state index contributed by atoms with van der Waals surface area (Å²) >= 11 is 3.39. The lowest BCUT2D eigenvalue weighted by molar-refractivity contribution is 0.445. The molecule has 2 unspecified atom stereocenters. The Balaban J connectivity index is 1.99. The monoisotopic (exact) mass is 348 g/mol. The normalized spacial score (nSPS) is 18.5. The molecule has 0 fully saturated rings. The predicted octanol–water partition coefficient (Wildman–Crippen LogP) is 4.36. The molecule has 4 heteroatoms. The topological polar surface area (TPSA) is 24.9 Å². The number of likely N-dealkylation sites (N-methyl/N-ethyl adjacent to an activating group) is 1. The predicted molar refractivity (Wildman–Crippen MR) is 85.8 cm³/mol. The van der Waals surface area contributed by atoms with Gasteiger partial charge in [-0.2, -0.15) is 0 Å². The molecule has 0 aliphatic heterocycles. The van der Waals surface area contributed by atoms with E-state index in [4.69, 9.17) is 0 Å². The first-order valence-electron chi connectivity index (χ1n) is 7.32. The third kappa shape index (κ3) is 3.01. The zero-order chi connectivity index (χ0) is 14.8. The molecule has 1 heterocycles. The van der Waals surface area contributed by atoms with E-state index in [1.165, 1.54) is 11.6 Å². The molecular formula is C17H18BrFN2. The first-order valence-corrected chi connectivity index (χ1v) is 8.11. The lowest BCUT2D eigenvalue weighted by atomic mass is 9.90. The number of benzene rings is 1. The number of aryl methyl sites for hydroxylation is 1. The number of rotatable bonds is 4. The number of fused-ring (bicyclic) bond motifs is 1. The van der Waals surface area contributed by atoms with Crippen molar-refractivity contribution in [2.75, 3.05) is 6.54 Å². The van der Waals surface area contributed by atoms with Gasteiger partial charge >= 0.3 is 0 Å². The quantitative estimate of drug-likeness (QED) is 0.887. The Kier molecular flexibility index (Phi) is 4.36. The Bertz CT molecular complexity index is 624. The fraction of sp³-hybridized carbons (Fsp3) is 0.353. The second-order valence-corrected chi connectivity index (χ2v) is 6.35. The molecule has 0 spiro atoms. The fourth-order valence-corrected chi connectivity index (χ4v) is 3.72. The van der Waals surface area contributed by atoms with Crippen LogP contribution in [0.2, 0.25) is 0 Å². The number of nitrogens with zero attached hydrogens (tertiary/aromatic N) is 1. The average Bonchev–Trinajstić information content (AvgIpc) is 2.87. The minimum Gasteiger partial charge on any atom is -0.310 e. The summed E-state index contributed by atoms with van der Waals surface area (Å²) in [5.74, 6) is 0.0939. The van der Waals surface area contributed by atoms with E-state index < -0.39 is 0 Å². The molecule has 1 aromatic carbocycles. The van der Waals surface area contributed by atoms with Crippen LogP contribution in [0.3, 0.4) is 0 Å². The third-order valence-corrected chi connectivity index (χ3v) is 4.53. The van der Waals surface area contributed by atoms with E-state index >= 15 is 0 Å². The highest BCUT2D eigenvalue weighted by molar-refractivity contribution is 9.10. The van der Waals surface area contributed by atoms with Crippen molar-refractivity contribution in [3.05, 3.63) is 63.6 Å². The van der Waals surface area contributed by atoms with Gasteiger partial charge in [0.15, 0.2) is 0 Å². The van der Waals surface area contributed by atoms with Crippen molar-refractivity contribution >= 4 is 15.9 Å². The molecule has 0 radical (unpaired) electrons. The number of nitrogens with one attached hydrogen (secondary N) is 1. The highest BCUT2D eigenvalue weighted by atomic mass is 79.9. The SMILES string of the molecule is CCNC(c1cc(F)cc(Br)c1)C1CCc2cccnc21. The summed E-state index contributed by atoms with van der Waals surface area (Å²) in [6.07, 6.45) is 3.95. The van der Waals surface area contributed by atoms with Gasteiger partial charge in [-0.05, 0) is 54.8 Å². The van der Waals surface area contributed by atoms with Crippen molar-refractivity contribution in [1.29, 1.82) is 0 Å². The van der Waals surface area contributed by atoms with Crippen molar-refractivity contribution in [2.24, 2.45) is 0 Å². The minimum absolute atomic E-state index is 0.0955. The highest BCUT2D eigenvalue weighted by Crippen LogP contribution is 2.41. The van der Waals surface area contributed by atoms with Gasteiger partial charge in [-0.1, -0.05) is 28.9 Å². The number of hydrogen-bond acceptors (Lipinski definition) is 2. The second kappa shape index (κ2) is 6.24. The summed E-state index contributed by atoms with van der Waals surface area (Å²) < 4.78 is 14.5. The van der Waals surface area contributed by atoms with Gasteiger partial charge in [0, 0.05) is 28.3 Å². The summed E-state index contributed by atoms with van der Waals surface area (Å²) in [6.45, 7) is 2.92. The van der Waals surface area contributed by atoms with Gasteiger partial charge in [0.2, 0.25) is 0 Å². The summed E-state index contributed by atoms with van der Waals surface area (Å²) in [5, 5.41) is 3.51. The van der Waals surface area contributed by atoms with E-state index in [1.807, 2.05) is 18.3 Å². The summed E-state index contributed by atoms with van der Waals surface area (Å²) in [4.78, 5) is 4.57. The van der Waals surface area contributed by atoms with Crippen LogP contribution in [0.5, 0.6) is 0 Å². The molecule has 0 saturated carbocycles. The molecule has 3 rings (SSSR count). The molecule has 2 atom stereocenters. The van der Waals surface area contributed by atoms with Crippen LogP contribution < -0.4 is 5.32 Å². The van der Waals surface area contributed by atoms with E-state index in [9.17, 15) is 4.39 Å². The molecule has 21 heavy (non-hydrogen) atoms. The summed E-state index contributed by atoms with van der Waals surface area (Å²) in [6, 6.07) is 9.34. The Labute approximate surface area is 132 Å². The zero-order valence-corrected chi connectivity index (χ0v) is 13.5. The van der Waals surface area contributed by atoms with Crippen LogP contribution >= 0.6 is 15.9 Å². The fourth-order valence-electron chi connectivity index (χ4n) is 3.24. The van der Waals surface area contributed by atoms with E-state index in [2.05, 4.69) is 39.2 Å². The van der Waals surface area contributed by atoms with Crippen molar-refractivity contribution in [2.45, 2.75) is 31.7 Å². The maximum Gasteiger partial charge on any atom is 0.124 e. The van der Waals surface area contributed by atoms with E-state index in [-0.39, 0.29) is 11.9 Å². The van der Waals surface area contributed by atoms with Gasteiger partial charge in [-0.15, -0.1) is 0 Å². The molecule has 0 saturated heterocycles. The molecule has 2 nitrogen and oxygen atoms in total. The third-order valence-electron chi connectivity index (χ3n) is 4.07. The number of pyridine rings is 1. The molecular weight excluding hydrogens is 331 g/mol. The van der Waals surface area contributed by atoms with Crippen LogP contribution in [0, 0.1) is 5.82 Å². The second-order valence-electron chi connectivity index (χ2n) is 5.43. The first-order chi connectivity index (χ1) is 10.2. The Morgan fingerprint density at radius 1 is 1.43 bits per heavy atom. The standard InChI is InChI=1S/C17H18BrFN2/c1-2-20-17(12-8-13(18)10-14(19)9-12)15-6-5-11-4-3-7-21-16(11)15/h3-4,7-10,15,17,20H,2,5-6H2,1H3. The summed E-state index contributed by atoms with van der Waals surface area (Å²) in [5.41, 5.74) is 3.46. The van der Waals surface area contributed by atoms with Crippen LogP contribution in [-0.4, -0.2) is 11.5 Å². The van der Waals surface area contributed by atoms with Gasteiger partial charge in [-0.3, -0.25) is 4.98 Å². The Morgan fingerprint density at radius 3 is 3.05 bits per heavy atom. The number of halogens is 2. The van der Waals surface area contributed by atoms with Crippen molar-refractivity contribution in [3.8, 4) is 0 Å². The van der Waals surface area contributed by atoms with Crippen molar-refractivity contribution in [3.63, 3.8) is 0 Å². The van der Waals surface area contributed by atoms with Crippen LogP contribution in [0.25, 0.3) is 0 Å². The summed E-state index contributed by atoms with van der Waals surface area (Å²) in [7, 11) is 0. The molecule has 1 aromatic heterocycles. The van der Waals surface area contributed by atoms with Gasteiger partial charge < -0.3 is 5.32 Å². The van der Waals surface area contributed by atoms with Gasteiger partial charge in [0.05, 0.1) is 0 Å². The lowest BCUT2D eigenvalue weighted by Gasteiger charge is -2.25. The molecule has 1 aliphatic carbocycles. The zero-order valence-electron chi connectivity index (χ0n) is 11.9. The highest BCUT2D eigenvalue weighted by Gasteiger charge is 2.31. The Morgan fingerprint density at radius 2 is 2.29 bits per heavy atom.